The van der Waals surface area contributed by atoms with Crippen molar-refractivity contribution in [2.45, 2.75) is 37.2 Å². The van der Waals surface area contributed by atoms with Crippen LogP contribution < -0.4 is 10.0 Å². The van der Waals surface area contributed by atoms with Gasteiger partial charge >= 0.3 is 0 Å². The van der Waals surface area contributed by atoms with Crippen LogP contribution in [0.1, 0.15) is 36.1 Å². The van der Waals surface area contributed by atoms with E-state index in [0.29, 0.717) is 12.8 Å². The van der Waals surface area contributed by atoms with Crippen LogP contribution in [-0.4, -0.2) is 14.3 Å². The number of halogens is 1. The Balaban J connectivity index is 1.51. The van der Waals surface area contributed by atoms with Crippen molar-refractivity contribution in [2.75, 3.05) is 0 Å². The lowest BCUT2D eigenvalue weighted by Crippen LogP contribution is -2.26. The predicted molar refractivity (Wildman–Crippen MR) is 126 cm³/mol. The fourth-order valence-corrected chi connectivity index (χ4v) is 4.56. The zero-order valence-electron chi connectivity index (χ0n) is 17.2. The second kappa shape index (κ2) is 10.7. The van der Waals surface area contributed by atoms with Gasteiger partial charge in [0.2, 0.25) is 15.9 Å². The zero-order valence-corrected chi connectivity index (χ0v) is 19.6. The molecule has 5 nitrogen and oxygen atoms in total. The van der Waals surface area contributed by atoms with E-state index in [2.05, 4.69) is 26.0 Å². The van der Waals surface area contributed by atoms with Crippen molar-refractivity contribution in [1.82, 2.24) is 10.0 Å². The Morgan fingerprint density at radius 3 is 2.32 bits per heavy atom. The maximum atomic E-state index is 12.5. The van der Waals surface area contributed by atoms with Crippen LogP contribution in [0.4, 0.5) is 0 Å². The molecule has 0 bridgehead atoms. The molecule has 0 aliphatic heterocycles. The van der Waals surface area contributed by atoms with Gasteiger partial charge in [0.1, 0.15) is 0 Å². The summed E-state index contributed by atoms with van der Waals surface area (Å²) >= 11 is 3.44. The molecule has 162 valence electrons. The molecule has 0 aromatic heterocycles. The molecule has 0 fully saturated rings. The smallest absolute Gasteiger partial charge is 0.240 e. The standard InChI is InChI=1S/C24H25BrN2O3S/c1-18(21-8-5-9-22(25)16-21)27-24(28)15-12-19-10-13-23(14-11-19)31(29,30)26-17-20-6-3-2-4-7-20/h2-11,13-14,16,18,26H,12,15,17H2,1H3,(H,27,28). The van der Waals surface area contributed by atoms with Gasteiger partial charge < -0.3 is 5.32 Å². The van der Waals surface area contributed by atoms with Crippen molar-refractivity contribution in [1.29, 1.82) is 0 Å². The lowest BCUT2D eigenvalue weighted by molar-refractivity contribution is -0.121. The van der Waals surface area contributed by atoms with E-state index in [-0.39, 0.29) is 23.4 Å². The number of amides is 1. The molecule has 3 rings (SSSR count). The van der Waals surface area contributed by atoms with Gasteiger partial charge in [-0.3, -0.25) is 4.79 Å². The van der Waals surface area contributed by atoms with Gasteiger partial charge in [-0.2, -0.15) is 0 Å². The third kappa shape index (κ3) is 7.02. The number of carbonyl (C=O) groups is 1. The van der Waals surface area contributed by atoms with Gasteiger partial charge in [-0.15, -0.1) is 0 Å². The average Bonchev–Trinajstić information content (AvgIpc) is 2.77. The van der Waals surface area contributed by atoms with Crippen molar-refractivity contribution in [2.24, 2.45) is 0 Å². The highest BCUT2D eigenvalue weighted by molar-refractivity contribution is 9.10. The Labute approximate surface area is 192 Å². The molecule has 0 saturated heterocycles. The second-order valence-corrected chi connectivity index (χ2v) is 9.98. The first-order valence-electron chi connectivity index (χ1n) is 10.0. The molecule has 1 atom stereocenters. The van der Waals surface area contributed by atoms with E-state index in [9.17, 15) is 13.2 Å². The number of hydrogen-bond donors (Lipinski definition) is 2. The van der Waals surface area contributed by atoms with Crippen molar-refractivity contribution in [3.8, 4) is 0 Å². The molecule has 1 unspecified atom stereocenters. The summed E-state index contributed by atoms with van der Waals surface area (Å²) in [4.78, 5) is 12.5. The maximum absolute atomic E-state index is 12.5. The quantitative estimate of drug-likeness (QED) is 0.445. The molecule has 0 aliphatic rings. The molecule has 0 aliphatic carbocycles. The van der Waals surface area contributed by atoms with Gasteiger partial charge in [0.15, 0.2) is 0 Å². The van der Waals surface area contributed by atoms with Gasteiger partial charge in [0, 0.05) is 17.4 Å². The molecule has 1 amide bonds. The number of hydrogen-bond acceptors (Lipinski definition) is 3. The normalized spacial score (nSPS) is 12.3. The molecule has 31 heavy (non-hydrogen) atoms. The summed E-state index contributed by atoms with van der Waals surface area (Å²) in [5.74, 6) is -0.0475. The van der Waals surface area contributed by atoms with Gasteiger partial charge in [0.25, 0.3) is 0 Å². The maximum Gasteiger partial charge on any atom is 0.240 e. The van der Waals surface area contributed by atoms with Crippen LogP contribution in [0.3, 0.4) is 0 Å². The number of rotatable bonds is 9. The Hall–Kier alpha value is -2.48. The van der Waals surface area contributed by atoms with Crippen LogP contribution >= 0.6 is 15.9 Å². The minimum Gasteiger partial charge on any atom is -0.350 e. The first-order chi connectivity index (χ1) is 14.8. The van der Waals surface area contributed by atoms with Crippen LogP contribution in [0, 0.1) is 0 Å². The molecule has 0 spiro atoms. The monoisotopic (exact) mass is 500 g/mol. The van der Waals surface area contributed by atoms with Crippen LogP contribution in [-0.2, 0) is 27.8 Å². The number of aryl methyl sites for hydroxylation is 1. The zero-order chi connectivity index (χ0) is 22.3. The van der Waals surface area contributed by atoms with Crippen molar-refractivity contribution in [3.05, 3.63) is 100 Å². The van der Waals surface area contributed by atoms with Crippen molar-refractivity contribution < 1.29 is 13.2 Å². The number of sulfonamides is 1. The minimum absolute atomic E-state index is 0.0475. The summed E-state index contributed by atoms with van der Waals surface area (Å²) in [5.41, 5.74) is 2.83. The summed E-state index contributed by atoms with van der Waals surface area (Å²) in [7, 11) is -3.59. The van der Waals surface area contributed by atoms with Crippen LogP contribution in [0.25, 0.3) is 0 Å². The lowest BCUT2D eigenvalue weighted by Gasteiger charge is -2.15. The topological polar surface area (TPSA) is 75.3 Å². The van der Waals surface area contributed by atoms with Crippen LogP contribution in [0.2, 0.25) is 0 Å². The van der Waals surface area contributed by atoms with E-state index in [4.69, 9.17) is 0 Å². The van der Waals surface area contributed by atoms with E-state index < -0.39 is 10.0 Å². The minimum atomic E-state index is -3.59. The average molecular weight is 501 g/mol. The fraction of sp³-hybridized carbons (Fsp3) is 0.208. The van der Waals surface area contributed by atoms with Crippen LogP contribution in [0.5, 0.6) is 0 Å². The van der Waals surface area contributed by atoms with Crippen LogP contribution in [0.15, 0.2) is 88.2 Å². The van der Waals surface area contributed by atoms with Gasteiger partial charge in [-0.05, 0) is 54.3 Å². The first-order valence-corrected chi connectivity index (χ1v) is 12.3. The van der Waals surface area contributed by atoms with Gasteiger partial charge in [0.05, 0.1) is 10.9 Å². The number of nitrogens with one attached hydrogen (secondary N) is 2. The predicted octanol–water partition coefficient (Wildman–Crippen LogP) is 4.74. The highest BCUT2D eigenvalue weighted by atomic mass is 79.9. The molecule has 3 aromatic rings. The van der Waals surface area contributed by atoms with Crippen molar-refractivity contribution >= 4 is 31.9 Å². The summed E-state index contributed by atoms with van der Waals surface area (Å²) in [6.07, 6.45) is 0.867. The second-order valence-electron chi connectivity index (χ2n) is 7.30. The van der Waals surface area contributed by atoms with Crippen molar-refractivity contribution in [3.63, 3.8) is 0 Å². The number of benzene rings is 3. The van der Waals surface area contributed by atoms with E-state index in [1.807, 2.05) is 61.5 Å². The highest BCUT2D eigenvalue weighted by Gasteiger charge is 2.14. The third-order valence-electron chi connectivity index (χ3n) is 4.91. The Morgan fingerprint density at radius 2 is 1.65 bits per heavy atom. The molecule has 7 heteroatoms. The highest BCUT2D eigenvalue weighted by Crippen LogP contribution is 2.18. The molecule has 0 heterocycles. The lowest BCUT2D eigenvalue weighted by atomic mass is 10.1. The van der Waals surface area contributed by atoms with Gasteiger partial charge in [-0.1, -0.05) is 70.5 Å². The Bertz CT molecular complexity index is 1120. The molecule has 0 radical (unpaired) electrons. The molecule has 0 saturated carbocycles. The summed E-state index contributed by atoms with van der Waals surface area (Å²) in [6, 6.07) is 23.8. The SMILES string of the molecule is CC(NC(=O)CCc1ccc(S(=O)(=O)NCc2ccccc2)cc1)c1cccc(Br)c1. The summed E-state index contributed by atoms with van der Waals surface area (Å²) < 4.78 is 28.5. The van der Waals surface area contributed by atoms with E-state index in [1.54, 1.807) is 24.3 Å². The molecule has 3 aromatic carbocycles. The fourth-order valence-electron chi connectivity index (χ4n) is 3.12. The molecular formula is C24H25BrN2O3S. The first kappa shape index (κ1) is 23.2. The third-order valence-corrected chi connectivity index (χ3v) is 6.82. The summed E-state index contributed by atoms with van der Waals surface area (Å²) in [6.45, 7) is 2.18. The Kier molecular flexibility index (Phi) is 8.01. The Morgan fingerprint density at radius 1 is 0.935 bits per heavy atom. The molecule has 2 N–H and O–H groups in total. The largest absolute Gasteiger partial charge is 0.350 e. The van der Waals surface area contributed by atoms with Gasteiger partial charge in [-0.25, -0.2) is 13.1 Å². The molecular weight excluding hydrogens is 476 g/mol. The summed E-state index contributed by atoms with van der Waals surface area (Å²) in [5, 5.41) is 3.00. The van der Waals surface area contributed by atoms with E-state index >= 15 is 0 Å². The number of carbonyl (C=O) groups excluding carboxylic acids is 1. The van der Waals surface area contributed by atoms with E-state index in [0.717, 1.165) is 21.2 Å². The van der Waals surface area contributed by atoms with E-state index in [1.165, 1.54) is 0 Å².